The van der Waals surface area contributed by atoms with E-state index in [2.05, 4.69) is 0 Å². The summed E-state index contributed by atoms with van der Waals surface area (Å²) in [7, 11) is 6.49. The molecular formula is C24H32O7. The summed E-state index contributed by atoms with van der Waals surface area (Å²) in [6.45, 7) is 1.19. The third kappa shape index (κ3) is 6.26. The van der Waals surface area contributed by atoms with Gasteiger partial charge in [-0.3, -0.25) is 0 Å². The van der Waals surface area contributed by atoms with Crippen molar-refractivity contribution in [2.24, 2.45) is 0 Å². The fourth-order valence-electron chi connectivity index (χ4n) is 3.70. The van der Waals surface area contributed by atoms with Crippen LogP contribution in [0.25, 0.3) is 0 Å². The van der Waals surface area contributed by atoms with E-state index in [1.54, 1.807) is 28.4 Å². The Bertz CT molecular complexity index is 752. The molecule has 0 aromatic heterocycles. The first kappa shape index (κ1) is 23.7. The Hall–Kier alpha value is -2.00. The van der Waals surface area contributed by atoms with Gasteiger partial charge in [0.1, 0.15) is 30.2 Å². The third-order valence-corrected chi connectivity index (χ3v) is 5.36. The number of hydrogen-bond donors (Lipinski definition) is 0. The first-order valence-corrected chi connectivity index (χ1v) is 10.3. The maximum Gasteiger partial charge on any atom is 0.186 e. The highest BCUT2D eigenvalue weighted by Gasteiger charge is 2.47. The van der Waals surface area contributed by atoms with Crippen LogP contribution in [0.3, 0.4) is 0 Å². The van der Waals surface area contributed by atoms with Crippen LogP contribution in [-0.4, -0.2) is 65.8 Å². The topological polar surface area (TPSA) is 64.6 Å². The lowest BCUT2D eigenvalue weighted by Gasteiger charge is -2.44. The number of hydrogen-bond acceptors (Lipinski definition) is 7. The normalized spacial score (nSPS) is 26.0. The van der Waals surface area contributed by atoms with Crippen molar-refractivity contribution in [1.29, 1.82) is 0 Å². The van der Waals surface area contributed by atoms with Gasteiger partial charge < -0.3 is 33.2 Å². The molecule has 0 spiro atoms. The number of rotatable bonds is 11. The minimum Gasteiger partial charge on any atom is -0.497 e. The van der Waals surface area contributed by atoms with Gasteiger partial charge in [0.05, 0.1) is 26.9 Å². The molecule has 1 heterocycles. The van der Waals surface area contributed by atoms with Crippen molar-refractivity contribution < 1.29 is 33.2 Å². The van der Waals surface area contributed by atoms with E-state index in [4.69, 9.17) is 33.2 Å². The van der Waals surface area contributed by atoms with E-state index in [1.807, 2.05) is 54.6 Å². The first-order valence-electron chi connectivity index (χ1n) is 10.3. The zero-order valence-electron chi connectivity index (χ0n) is 18.6. The summed E-state index contributed by atoms with van der Waals surface area (Å²) < 4.78 is 40.5. The minimum absolute atomic E-state index is 0.321. The average Bonchev–Trinajstić information content (AvgIpc) is 2.83. The third-order valence-electron chi connectivity index (χ3n) is 5.36. The summed E-state index contributed by atoms with van der Waals surface area (Å²) in [4.78, 5) is 0. The Morgan fingerprint density at radius 2 is 1.39 bits per heavy atom. The maximum absolute atomic E-state index is 6.26. The molecule has 7 nitrogen and oxygen atoms in total. The molecule has 31 heavy (non-hydrogen) atoms. The van der Waals surface area contributed by atoms with Crippen molar-refractivity contribution in [2.75, 3.05) is 35.0 Å². The Morgan fingerprint density at radius 3 is 2.00 bits per heavy atom. The standard InChI is InChI=1S/C24H32O7/c1-25-19-12-10-18(11-13-19)14-29-16-20-21(30-15-17-8-6-5-7-9-17)22(26-2)23(27-3)24(28-4)31-20/h5-13,20-24H,14-16H2,1-4H3/t20-,21-,22+,23-,24+/m1/s1. The summed E-state index contributed by atoms with van der Waals surface area (Å²) in [5.41, 5.74) is 2.11. The van der Waals surface area contributed by atoms with Crippen molar-refractivity contribution >= 4 is 0 Å². The molecule has 1 aliphatic heterocycles. The largest absolute Gasteiger partial charge is 0.497 e. The van der Waals surface area contributed by atoms with E-state index >= 15 is 0 Å². The number of ether oxygens (including phenoxy) is 7. The second-order valence-corrected chi connectivity index (χ2v) is 7.30. The fraction of sp³-hybridized carbons (Fsp3) is 0.500. The molecule has 0 N–H and O–H groups in total. The predicted molar refractivity (Wildman–Crippen MR) is 115 cm³/mol. The van der Waals surface area contributed by atoms with Crippen molar-refractivity contribution in [1.82, 2.24) is 0 Å². The smallest absolute Gasteiger partial charge is 0.186 e. The molecule has 0 amide bonds. The summed E-state index contributed by atoms with van der Waals surface area (Å²) in [6.07, 6.45) is -2.16. The molecule has 1 fully saturated rings. The molecule has 7 heteroatoms. The SMILES string of the molecule is COc1ccc(COC[C@H]2O[C@H](OC)[C@H](OC)[C@@H](OC)[C@@H]2OCc2ccccc2)cc1. The van der Waals surface area contributed by atoms with Crippen LogP contribution in [0.15, 0.2) is 54.6 Å². The van der Waals surface area contributed by atoms with Crippen LogP contribution in [-0.2, 0) is 41.6 Å². The second-order valence-electron chi connectivity index (χ2n) is 7.30. The Kier molecular flexibility index (Phi) is 9.27. The summed E-state index contributed by atoms with van der Waals surface area (Å²) in [5, 5.41) is 0. The first-order chi connectivity index (χ1) is 15.2. The van der Waals surface area contributed by atoms with Crippen molar-refractivity contribution in [2.45, 2.75) is 43.9 Å². The van der Waals surface area contributed by atoms with Gasteiger partial charge in [-0.25, -0.2) is 0 Å². The van der Waals surface area contributed by atoms with Crippen LogP contribution in [0.4, 0.5) is 0 Å². The van der Waals surface area contributed by atoms with Crippen LogP contribution < -0.4 is 4.74 Å². The van der Waals surface area contributed by atoms with Gasteiger partial charge in [0, 0.05) is 21.3 Å². The Labute approximate surface area is 184 Å². The molecule has 5 atom stereocenters. The second kappa shape index (κ2) is 12.1. The molecule has 170 valence electrons. The lowest BCUT2D eigenvalue weighted by Crippen LogP contribution is -2.61. The van der Waals surface area contributed by atoms with Gasteiger partial charge in [-0.2, -0.15) is 0 Å². The van der Waals surface area contributed by atoms with Crippen molar-refractivity contribution in [3.63, 3.8) is 0 Å². The Morgan fingerprint density at radius 1 is 0.710 bits per heavy atom. The highest BCUT2D eigenvalue weighted by molar-refractivity contribution is 5.26. The predicted octanol–water partition coefficient (Wildman–Crippen LogP) is 3.20. The van der Waals surface area contributed by atoms with E-state index in [0.29, 0.717) is 19.8 Å². The zero-order valence-corrected chi connectivity index (χ0v) is 18.6. The molecular weight excluding hydrogens is 400 g/mol. The van der Waals surface area contributed by atoms with Gasteiger partial charge >= 0.3 is 0 Å². The quantitative estimate of drug-likeness (QED) is 0.540. The van der Waals surface area contributed by atoms with Gasteiger partial charge in [-0.15, -0.1) is 0 Å². The monoisotopic (exact) mass is 432 g/mol. The van der Waals surface area contributed by atoms with Gasteiger partial charge in [-0.05, 0) is 23.3 Å². The fourth-order valence-corrected chi connectivity index (χ4v) is 3.70. The van der Waals surface area contributed by atoms with Crippen LogP contribution in [0.1, 0.15) is 11.1 Å². The average molecular weight is 433 g/mol. The van der Waals surface area contributed by atoms with Crippen molar-refractivity contribution in [3.05, 3.63) is 65.7 Å². The van der Waals surface area contributed by atoms with Gasteiger partial charge in [0.2, 0.25) is 0 Å². The summed E-state index contributed by atoms with van der Waals surface area (Å²) in [5.74, 6) is 0.810. The lowest BCUT2D eigenvalue weighted by molar-refractivity contribution is -0.313. The molecule has 1 aliphatic rings. The van der Waals surface area contributed by atoms with E-state index in [1.165, 1.54) is 0 Å². The molecule has 2 aromatic carbocycles. The molecule has 2 aromatic rings. The molecule has 0 bridgehead atoms. The van der Waals surface area contributed by atoms with Crippen LogP contribution in [0, 0.1) is 0 Å². The van der Waals surface area contributed by atoms with Crippen LogP contribution in [0.2, 0.25) is 0 Å². The molecule has 1 saturated heterocycles. The van der Waals surface area contributed by atoms with Gasteiger partial charge in [0.25, 0.3) is 0 Å². The Balaban J connectivity index is 1.67. The highest BCUT2D eigenvalue weighted by atomic mass is 16.7. The highest BCUT2D eigenvalue weighted by Crippen LogP contribution is 2.29. The van der Waals surface area contributed by atoms with E-state index in [0.717, 1.165) is 16.9 Å². The molecule has 3 rings (SSSR count). The van der Waals surface area contributed by atoms with Gasteiger partial charge in [0.15, 0.2) is 6.29 Å². The van der Waals surface area contributed by atoms with Crippen molar-refractivity contribution in [3.8, 4) is 5.75 Å². The van der Waals surface area contributed by atoms with Crippen LogP contribution in [0.5, 0.6) is 5.75 Å². The zero-order chi connectivity index (χ0) is 22.1. The van der Waals surface area contributed by atoms with Gasteiger partial charge in [-0.1, -0.05) is 42.5 Å². The van der Waals surface area contributed by atoms with E-state index < -0.39 is 18.5 Å². The molecule has 0 radical (unpaired) electrons. The molecule has 0 aliphatic carbocycles. The maximum atomic E-state index is 6.26. The van der Waals surface area contributed by atoms with Crippen LogP contribution >= 0.6 is 0 Å². The molecule has 0 saturated carbocycles. The lowest BCUT2D eigenvalue weighted by atomic mass is 9.98. The number of benzene rings is 2. The molecule has 0 unspecified atom stereocenters. The number of methoxy groups -OCH3 is 4. The van der Waals surface area contributed by atoms with E-state index in [-0.39, 0.29) is 12.2 Å². The minimum atomic E-state index is -0.582. The summed E-state index contributed by atoms with van der Waals surface area (Å²) >= 11 is 0. The summed E-state index contributed by atoms with van der Waals surface area (Å²) in [6, 6.07) is 17.8. The van der Waals surface area contributed by atoms with E-state index in [9.17, 15) is 0 Å².